The molecule has 0 saturated carbocycles. The Hall–Kier alpha value is -0.690. The summed E-state index contributed by atoms with van der Waals surface area (Å²) in [5, 5.41) is 0.698. The fourth-order valence-corrected chi connectivity index (χ4v) is 2.31. The van der Waals surface area contributed by atoms with Gasteiger partial charge >= 0.3 is 0 Å². The zero-order valence-corrected chi connectivity index (χ0v) is 14.3. The predicted molar refractivity (Wildman–Crippen MR) is 84.6 cm³/mol. The van der Waals surface area contributed by atoms with E-state index in [4.69, 9.17) is 16.3 Å². The van der Waals surface area contributed by atoms with Gasteiger partial charge in [-0.1, -0.05) is 46.2 Å². The normalized spacial score (nSPS) is 12.9. The lowest BCUT2D eigenvalue weighted by Gasteiger charge is -2.28. The summed E-state index contributed by atoms with van der Waals surface area (Å²) < 4.78 is 5.96. The molecule has 0 N–H and O–H groups in total. The van der Waals surface area contributed by atoms with Crippen molar-refractivity contribution in [2.24, 2.45) is 0 Å². The van der Waals surface area contributed by atoms with Crippen molar-refractivity contribution in [3.8, 4) is 5.75 Å². The molecular formula is C17H27ClO. The van der Waals surface area contributed by atoms with E-state index in [0.717, 1.165) is 5.75 Å². The standard InChI is InChI=1S/C17H27ClO/c1-11(2)12-9-15(19-17(6,7)8)14(18)10-13(12)16(3,4)5/h9-11H,1-8H3. The van der Waals surface area contributed by atoms with Crippen molar-refractivity contribution in [1.29, 1.82) is 0 Å². The summed E-state index contributed by atoms with van der Waals surface area (Å²) in [6, 6.07) is 4.18. The molecule has 0 atom stereocenters. The summed E-state index contributed by atoms with van der Waals surface area (Å²) in [4.78, 5) is 0. The van der Waals surface area contributed by atoms with E-state index in [1.165, 1.54) is 11.1 Å². The summed E-state index contributed by atoms with van der Waals surface area (Å²) in [6.07, 6.45) is 0. The van der Waals surface area contributed by atoms with Gasteiger partial charge in [0.25, 0.3) is 0 Å². The molecule has 108 valence electrons. The highest BCUT2D eigenvalue weighted by molar-refractivity contribution is 6.32. The highest BCUT2D eigenvalue weighted by atomic mass is 35.5. The molecular weight excluding hydrogens is 256 g/mol. The quantitative estimate of drug-likeness (QED) is 0.652. The van der Waals surface area contributed by atoms with E-state index in [2.05, 4.69) is 46.8 Å². The van der Waals surface area contributed by atoms with E-state index in [0.29, 0.717) is 10.9 Å². The van der Waals surface area contributed by atoms with E-state index in [-0.39, 0.29) is 11.0 Å². The second kappa shape index (κ2) is 5.36. The molecule has 0 saturated heterocycles. The first kappa shape index (κ1) is 16.4. The number of hydrogen-bond acceptors (Lipinski definition) is 1. The Morgan fingerprint density at radius 3 is 1.89 bits per heavy atom. The van der Waals surface area contributed by atoms with Gasteiger partial charge < -0.3 is 4.74 Å². The van der Waals surface area contributed by atoms with Crippen molar-refractivity contribution < 1.29 is 4.74 Å². The maximum atomic E-state index is 6.39. The lowest BCUT2D eigenvalue weighted by Crippen LogP contribution is -2.24. The van der Waals surface area contributed by atoms with Gasteiger partial charge in [-0.25, -0.2) is 0 Å². The largest absolute Gasteiger partial charge is 0.487 e. The molecule has 0 bridgehead atoms. The van der Waals surface area contributed by atoms with Crippen LogP contribution >= 0.6 is 11.6 Å². The third-order valence-electron chi connectivity index (χ3n) is 2.95. The molecule has 19 heavy (non-hydrogen) atoms. The Labute approximate surface area is 123 Å². The van der Waals surface area contributed by atoms with Crippen LogP contribution in [0, 0.1) is 0 Å². The van der Waals surface area contributed by atoms with Crippen LogP contribution in [-0.4, -0.2) is 5.60 Å². The number of halogens is 1. The minimum absolute atomic E-state index is 0.0868. The van der Waals surface area contributed by atoms with Crippen LogP contribution in [0.5, 0.6) is 5.75 Å². The van der Waals surface area contributed by atoms with E-state index in [1.807, 2.05) is 20.8 Å². The molecule has 0 amide bonds. The van der Waals surface area contributed by atoms with Gasteiger partial charge in [0.15, 0.2) is 0 Å². The predicted octanol–water partition coefficient (Wildman–Crippen LogP) is 5.94. The number of hydrogen-bond donors (Lipinski definition) is 0. The van der Waals surface area contributed by atoms with E-state index in [9.17, 15) is 0 Å². The van der Waals surface area contributed by atoms with Gasteiger partial charge in [-0.2, -0.15) is 0 Å². The molecule has 1 rings (SSSR count). The molecule has 0 heterocycles. The van der Waals surface area contributed by atoms with Crippen molar-refractivity contribution in [2.75, 3.05) is 0 Å². The molecule has 0 aromatic heterocycles. The van der Waals surface area contributed by atoms with Crippen LogP contribution < -0.4 is 4.74 Å². The van der Waals surface area contributed by atoms with Crippen molar-refractivity contribution >= 4 is 11.6 Å². The van der Waals surface area contributed by atoms with Gasteiger partial charge in [-0.05, 0) is 55.4 Å². The molecule has 1 nitrogen and oxygen atoms in total. The molecule has 1 aromatic rings. The number of benzene rings is 1. The smallest absolute Gasteiger partial charge is 0.138 e. The first-order chi connectivity index (χ1) is 8.42. The zero-order valence-electron chi connectivity index (χ0n) is 13.5. The van der Waals surface area contributed by atoms with Crippen LogP contribution in [-0.2, 0) is 5.41 Å². The Kier molecular flexibility index (Phi) is 4.62. The SMILES string of the molecule is CC(C)c1cc(OC(C)(C)C)c(Cl)cc1C(C)(C)C. The monoisotopic (exact) mass is 282 g/mol. The van der Waals surface area contributed by atoms with Crippen LogP contribution in [0.15, 0.2) is 12.1 Å². The second-order valence-electron chi connectivity index (χ2n) is 7.49. The first-order valence-electron chi connectivity index (χ1n) is 6.95. The average molecular weight is 283 g/mol. The average Bonchev–Trinajstić information content (AvgIpc) is 2.16. The molecule has 0 fully saturated rings. The summed E-state index contributed by atoms with van der Waals surface area (Å²) in [7, 11) is 0. The fraction of sp³-hybridized carbons (Fsp3) is 0.647. The van der Waals surface area contributed by atoms with Crippen LogP contribution in [0.2, 0.25) is 5.02 Å². The summed E-state index contributed by atoms with van der Waals surface area (Å²) >= 11 is 6.39. The maximum absolute atomic E-state index is 6.39. The summed E-state index contributed by atoms with van der Waals surface area (Å²) in [6.45, 7) is 17.2. The van der Waals surface area contributed by atoms with Crippen LogP contribution in [0.3, 0.4) is 0 Å². The number of ether oxygens (including phenoxy) is 1. The highest BCUT2D eigenvalue weighted by Crippen LogP contribution is 2.38. The fourth-order valence-electron chi connectivity index (χ4n) is 2.10. The summed E-state index contributed by atoms with van der Waals surface area (Å²) in [5.41, 5.74) is 2.47. The summed E-state index contributed by atoms with van der Waals surface area (Å²) in [5.74, 6) is 1.24. The molecule has 0 spiro atoms. The molecule has 2 heteroatoms. The topological polar surface area (TPSA) is 9.23 Å². The van der Waals surface area contributed by atoms with Gasteiger partial charge in [0, 0.05) is 0 Å². The first-order valence-corrected chi connectivity index (χ1v) is 7.32. The van der Waals surface area contributed by atoms with Gasteiger partial charge in [-0.3, -0.25) is 0 Å². The molecule has 0 aliphatic carbocycles. The minimum atomic E-state index is -0.235. The Bertz CT molecular complexity index is 448. The van der Waals surface area contributed by atoms with Crippen molar-refractivity contribution in [1.82, 2.24) is 0 Å². The van der Waals surface area contributed by atoms with Gasteiger partial charge in [0.2, 0.25) is 0 Å². The lowest BCUT2D eigenvalue weighted by molar-refractivity contribution is 0.131. The molecule has 0 aliphatic rings. The van der Waals surface area contributed by atoms with Gasteiger partial charge in [0.1, 0.15) is 11.4 Å². The maximum Gasteiger partial charge on any atom is 0.138 e. The Morgan fingerprint density at radius 1 is 1.00 bits per heavy atom. The van der Waals surface area contributed by atoms with Crippen molar-refractivity contribution in [2.45, 2.75) is 72.3 Å². The van der Waals surface area contributed by atoms with Crippen LogP contribution in [0.25, 0.3) is 0 Å². The highest BCUT2D eigenvalue weighted by Gasteiger charge is 2.23. The second-order valence-corrected chi connectivity index (χ2v) is 7.90. The van der Waals surface area contributed by atoms with Crippen molar-refractivity contribution in [3.63, 3.8) is 0 Å². The molecule has 0 aliphatic heterocycles. The Balaban J connectivity index is 3.37. The zero-order chi connectivity index (χ0) is 15.0. The number of rotatable bonds is 2. The molecule has 0 radical (unpaired) electrons. The van der Waals surface area contributed by atoms with E-state index >= 15 is 0 Å². The van der Waals surface area contributed by atoms with Crippen molar-refractivity contribution in [3.05, 3.63) is 28.3 Å². The van der Waals surface area contributed by atoms with E-state index < -0.39 is 0 Å². The van der Waals surface area contributed by atoms with Gasteiger partial charge in [-0.15, -0.1) is 0 Å². The van der Waals surface area contributed by atoms with Crippen LogP contribution in [0.1, 0.15) is 72.4 Å². The van der Waals surface area contributed by atoms with Crippen LogP contribution in [0.4, 0.5) is 0 Å². The third kappa shape index (κ3) is 4.42. The van der Waals surface area contributed by atoms with E-state index in [1.54, 1.807) is 0 Å². The third-order valence-corrected chi connectivity index (χ3v) is 3.25. The molecule has 0 unspecified atom stereocenters. The van der Waals surface area contributed by atoms with Gasteiger partial charge in [0.05, 0.1) is 5.02 Å². The molecule has 1 aromatic carbocycles. The Morgan fingerprint density at radius 2 is 1.53 bits per heavy atom. The lowest BCUT2D eigenvalue weighted by atomic mass is 9.80. The minimum Gasteiger partial charge on any atom is -0.487 e.